The second-order valence-electron chi connectivity index (χ2n) is 5.10. The number of rotatable bonds is 7. The monoisotopic (exact) mass is 254 g/mol. The summed E-state index contributed by atoms with van der Waals surface area (Å²) in [6.45, 7) is 5.80. The first-order valence-electron chi connectivity index (χ1n) is 6.09. The van der Waals surface area contributed by atoms with E-state index < -0.39 is 5.97 Å². The number of nitrogens with zero attached hydrogens (tertiary/aromatic N) is 1. The molecule has 0 bridgehead atoms. The highest BCUT2D eigenvalue weighted by molar-refractivity contribution is 5.87. The third kappa shape index (κ3) is 4.50. The smallest absolute Gasteiger partial charge is 0.338 e. The summed E-state index contributed by atoms with van der Waals surface area (Å²) < 4.78 is 5.20. The van der Waals surface area contributed by atoms with Crippen LogP contribution in [0.25, 0.3) is 0 Å². The number of carbonyl (C=O) groups is 1. The lowest BCUT2D eigenvalue weighted by molar-refractivity contribution is 0.0696. The summed E-state index contributed by atoms with van der Waals surface area (Å²) in [5.74, 6) is 0.191. The molecule has 1 heterocycles. The van der Waals surface area contributed by atoms with Crippen molar-refractivity contribution in [3.05, 3.63) is 23.7 Å². The zero-order valence-corrected chi connectivity index (χ0v) is 11.4. The number of aromatic carboxylic acids is 1. The van der Waals surface area contributed by atoms with Crippen LogP contribution in [-0.4, -0.2) is 42.7 Å². The summed E-state index contributed by atoms with van der Waals surface area (Å²) >= 11 is 0. The summed E-state index contributed by atoms with van der Waals surface area (Å²) in [4.78, 5) is 12.8. The topological polar surface area (TPSA) is 65.7 Å². The van der Waals surface area contributed by atoms with Gasteiger partial charge in [-0.1, -0.05) is 13.8 Å². The zero-order chi connectivity index (χ0) is 13.7. The van der Waals surface area contributed by atoms with Crippen LogP contribution in [0, 0.1) is 5.92 Å². The van der Waals surface area contributed by atoms with E-state index in [0.29, 0.717) is 24.3 Å². The number of hydrogen-bond donors (Lipinski definition) is 2. The van der Waals surface area contributed by atoms with E-state index in [2.05, 4.69) is 24.1 Å². The normalized spacial score (nSPS) is 13.2. The second kappa shape index (κ2) is 6.56. The van der Waals surface area contributed by atoms with Crippen molar-refractivity contribution in [3.63, 3.8) is 0 Å². The Hall–Kier alpha value is -1.33. The molecule has 0 saturated heterocycles. The van der Waals surface area contributed by atoms with E-state index in [0.717, 1.165) is 6.54 Å². The van der Waals surface area contributed by atoms with Gasteiger partial charge < -0.3 is 19.7 Å². The molecule has 0 radical (unpaired) electrons. The van der Waals surface area contributed by atoms with Crippen molar-refractivity contribution in [1.29, 1.82) is 0 Å². The summed E-state index contributed by atoms with van der Waals surface area (Å²) in [5.41, 5.74) is 0.195. The molecule has 5 nitrogen and oxygen atoms in total. The van der Waals surface area contributed by atoms with E-state index in [1.54, 1.807) is 6.07 Å². The molecule has 0 saturated carbocycles. The fourth-order valence-electron chi connectivity index (χ4n) is 1.72. The Morgan fingerprint density at radius 3 is 2.61 bits per heavy atom. The van der Waals surface area contributed by atoms with Crippen LogP contribution in [0.3, 0.4) is 0 Å². The summed E-state index contributed by atoms with van der Waals surface area (Å²) in [6, 6.07) is 1.90. The third-order valence-electron chi connectivity index (χ3n) is 2.81. The maximum absolute atomic E-state index is 10.7. The first kappa shape index (κ1) is 14.7. The van der Waals surface area contributed by atoms with E-state index >= 15 is 0 Å². The van der Waals surface area contributed by atoms with Crippen molar-refractivity contribution in [3.8, 4) is 0 Å². The molecule has 0 aliphatic carbocycles. The van der Waals surface area contributed by atoms with Crippen LogP contribution in [0.15, 0.2) is 16.7 Å². The van der Waals surface area contributed by atoms with Crippen molar-refractivity contribution in [2.75, 3.05) is 20.6 Å². The fraction of sp³-hybridized carbons (Fsp3) is 0.615. The Kier molecular flexibility index (Phi) is 5.37. The van der Waals surface area contributed by atoms with E-state index in [9.17, 15) is 4.79 Å². The Labute approximate surface area is 108 Å². The van der Waals surface area contributed by atoms with Crippen molar-refractivity contribution < 1.29 is 14.3 Å². The van der Waals surface area contributed by atoms with Crippen LogP contribution in [-0.2, 0) is 6.54 Å². The molecular weight excluding hydrogens is 232 g/mol. The Balaban J connectivity index is 2.53. The van der Waals surface area contributed by atoms with E-state index in [1.807, 2.05) is 14.1 Å². The van der Waals surface area contributed by atoms with Gasteiger partial charge in [-0.15, -0.1) is 0 Å². The first-order chi connectivity index (χ1) is 8.40. The number of carboxylic acids is 1. The lowest BCUT2D eigenvalue weighted by Gasteiger charge is -2.25. The molecule has 0 fully saturated rings. The molecule has 18 heavy (non-hydrogen) atoms. The van der Waals surface area contributed by atoms with Crippen LogP contribution in [0.1, 0.15) is 30.0 Å². The Bertz CT molecular complexity index is 385. The molecular formula is C13H22N2O3. The standard InChI is InChI=1S/C13H22N2O3/c1-9(2)12(7-15(3)4)14-6-11-5-10(8-18-11)13(16)17/h5,8-9,12,14H,6-7H2,1-4H3,(H,16,17). The predicted octanol–water partition coefficient (Wildman–Crippen LogP) is 1.65. The number of furan rings is 1. The molecule has 1 atom stereocenters. The van der Waals surface area contributed by atoms with Crippen molar-refractivity contribution in [1.82, 2.24) is 10.2 Å². The van der Waals surface area contributed by atoms with Gasteiger partial charge in [0.05, 0.1) is 12.1 Å². The van der Waals surface area contributed by atoms with Crippen molar-refractivity contribution in [2.24, 2.45) is 5.92 Å². The number of hydrogen-bond acceptors (Lipinski definition) is 4. The van der Waals surface area contributed by atoms with Gasteiger partial charge in [-0.2, -0.15) is 0 Å². The predicted molar refractivity (Wildman–Crippen MR) is 69.7 cm³/mol. The van der Waals surface area contributed by atoms with Gasteiger partial charge in [0.1, 0.15) is 12.0 Å². The minimum atomic E-state index is -0.960. The highest BCUT2D eigenvalue weighted by atomic mass is 16.4. The van der Waals surface area contributed by atoms with E-state index in [4.69, 9.17) is 9.52 Å². The number of nitrogens with one attached hydrogen (secondary N) is 1. The number of likely N-dealkylation sites (N-methyl/N-ethyl adjacent to an activating group) is 1. The molecule has 1 unspecified atom stereocenters. The first-order valence-corrected chi connectivity index (χ1v) is 6.09. The largest absolute Gasteiger partial charge is 0.478 e. The van der Waals surface area contributed by atoms with Gasteiger partial charge in [-0.3, -0.25) is 0 Å². The molecule has 0 spiro atoms. The van der Waals surface area contributed by atoms with Gasteiger partial charge in [0, 0.05) is 12.6 Å². The van der Waals surface area contributed by atoms with Gasteiger partial charge in [0.2, 0.25) is 0 Å². The maximum Gasteiger partial charge on any atom is 0.338 e. The molecule has 1 rings (SSSR count). The highest BCUT2D eigenvalue weighted by Crippen LogP contribution is 2.09. The van der Waals surface area contributed by atoms with Gasteiger partial charge >= 0.3 is 5.97 Å². The lowest BCUT2D eigenvalue weighted by atomic mass is 10.0. The average molecular weight is 254 g/mol. The van der Waals surface area contributed by atoms with E-state index in [1.165, 1.54) is 6.26 Å². The number of carboxylic acid groups (broad SMARTS) is 1. The van der Waals surface area contributed by atoms with Crippen LogP contribution >= 0.6 is 0 Å². The molecule has 5 heteroatoms. The lowest BCUT2D eigenvalue weighted by Crippen LogP contribution is -2.41. The van der Waals surface area contributed by atoms with Crippen LogP contribution < -0.4 is 5.32 Å². The third-order valence-corrected chi connectivity index (χ3v) is 2.81. The van der Waals surface area contributed by atoms with Crippen LogP contribution in [0.5, 0.6) is 0 Å². The van der Waals surface area contributed by atoms with Gasteiger partial charge in [-0.05, 0) is 26.1 Å². The van der Waals surface area contributed by atoms with E-state index in [-0.39, 0.29) is 5.56 Å². The molecule has 0 aliphatic rings. The molecule has 2 N–H and O–H groups in total. The van der Waals surface area contributed by atoms with Crippen LogP contribution in [0.2, 0.25) is 0 Å². The second-order valence-corrected chi connectivity index (χ2v) is 5.10. The van der Waals surface area contributed by atoms with Crippen molar-refractivity contribution >= 4 is 5.97 Å². The Morgan fingerprint density at radius 2 is 2.17 bits per heavy atom. The molecule has 0 aromatic carbocycles. The minimum Gasteiger partial charge on any atom is -0.478 e. The van der Waals surface area contributed by atoms with Gasteiger partial charge in [0.25, 0.3) is 0 Å². The Morgan fingerprint density at radius 1 is 1.50 bits per heavy atom. The van der Waals surface area contributed by atoms with Gasteiger partial charge in [0.15, 0.2) is 0 Å². The summed E-state index contributed by atoms with van der Waals surface area (Å²) in [5, 5.41) is 12.2. The molecule has 1 aromatic rings. The maximum atomic E-state index is 10.7. The minimum absolute atomic E-state index is 0.195. The van der Waals surface area contributed by atoms with Crippen LogP contribution in [0.4, 0.5) is 0 Å². The van der Waals surface area contributed by atoms with Crippen molar-refractivity contribution in [2.45, 2.75) is 26.4 Å². The highest BCUT2D eigenvalue weighted by Gasteiger charge is 2.15. The molecule has 102 valence electrons. The molecule has 0 amide bonds. The quantitative estimate of drug-likeness (QED) is 0.774. The SMILES string of the molecule is CC(C)C(CN(C)C)NCc1cc(C(=O)O)co1. The zero-order valence-electron chi connectivity index (χ0n) is 11.4. The summed E-state index contributed by atoms with van der Waals surface area (Å²) in [6.07, 6.45) is 1.27. The fourth-order valence-corrected chi connectivity index (χ4v) is 1.72. The molecule has 0 aliphatic heterocycles. The van der Waals surface area contributed by atoms with Gasteiger partial charge in [-0.25, -0.2) is 4.79 Å². The average Bonchev–Trinajstić information content (AvgIpc) is 2.72. The molecule has 1 aromatic heterocycles. The summed E-state index contributed by atoms with van der Waals surface area (Å²) in [7, 11) is 4.07.